The Labute approximate surface area is 155 Å². The van der Waals surface area contributed by atoms with Gasteiger partial charge in [-0.25, -0.2) is 0 Å². The molecule has 0 fully saturated rings. The molecule has 0 saturated heterocycles. The molecule has 3 aromatic rings. The van der Waals surface area contributed by atoms with Gasteiger partial charge in [-0.2, -0.15) is 0 Å². The molecule has 4 N–H and O–H groups in total. The zero-order valence-electron chi connectivity index (χ0n) is 13.7. The Morgan fingerprint density at radius 2 is 1.69 bits per heavy atom. The summed E-state index contributed by atoms with van der Waals surface area (Å²) >= 11 is 6.15. The minimum absolute atomic E-state index is 0.286. The van der Waals surface area contributed by atoms with Gasteiger partial charge in [-0.15, -0.1) is 0 Å². The van der Waals surface area contributed by atoms with E-state index in [9.17, 15) is 9.59 Å². The van der Waals surface area contributed by atoms with E-state index in [-0.39, 0.29) is 5.91 Å². The molecular formula is C20H16ClN3O2. The first-order valence-electron chi connectivity index (χ1n) is 7.84. The Morgan fingerprint density at radius 1 is 0.962 bits per heavy atom. The summed E-state index contributed by atoms with van der Waals surface area (Å²) in [6.07, 6.45) is 0.748. The summed E-state index contributed by atoms with van der Waals surface area (Å²) in [6, 6.07) is 18.8. The molecule has 0 saturated carbocycles. The van der Waals surface area contributed by atoms with E-state index in [2.05, 4.69) is 10.6 Å². The molecule has 0 aromatic heterocycles. The number of carbonyl (C=O) groups is 2. The third-order valence-electron chi connectivity index (χ3n) is 3.76. The van der Waals surface area contributed by atoms with Gasteiger partial charge >= 0.3 is 0 Å². The van der Waals surface area contributed by atoms with E-state index in [1.54, 1.807) is 48.5 Å². The lowest BCUT2D eigenvalue weighted by molar-refractivity contribution is 0.102. The van der Waals surface area contributed by atoms with Crippen LogP contribution in [0.3, 0.4) is 0 Å². The molecule has 3 rings (SSSR count). The number of anilines is 4. The van der Waals surface area contributed by atoms with Gasteiger partial charge in [-0.05, 0) is 54.6 Å². The minimum atomic E-state index is -0.286. The molecule has 0 bridgehead atoms. The second-order valence-electron chi connectivity index (χ2n) is 5.60. The van der Waals surface area contributed by atoms with Gasteiger partial charge in [0.05, 0.1) is 22.1 Å². The average Bonchev–Trinajstić information content (AvgIpc) is 2.66. The monoisotopic (exact) mass is 365 g/mol. The van der Waals surface area contributed by atoms with E-state index < -0.39 is 0 Å². The quantitative estimate of drug-likeness (QED) is 0.450. The Morgan fingerprint density at radius 3 is 2.38 bits per heavy atom. The summed E-state index contributed by atoms with van der Waals surface area (Å²) in [5.74, 6) is -0.286. The van der Waals surface area contributed by atoms with Crippen molar-refractivity contribution in [3.63, 3.8) is 0 Å². The predicted octanol–water partition coefficient (Wildman–Crippen LogP) is 4.73. The lowest BCUT2D eigenvalue weighted by Gasteiger charge is -2.13. The highest BCUT2D eigenvalue weighted by molar-refractivity contribution is 6.33. The van der Waals surface area contributed by atoms with E-state index in [1.165, 1.54) is 0 Å². The van der Waals surface area contributed by atoms with Crippen molar-refractivity contribution in [1.29, 1.82) is 0 Å². The number of rotatable bonds is 5. The van der Waals surface area contributed by atoms with Crippen LogP contribution in [0.25, 0.3) is 0 Å². The molecule has 0 aliphatic rings. The first-order valence-corrected chi connectivity index (χ1v) is 8.22. The predicted molar refractivity (Wildman–Crippen MR) is 105 cm³/mol. The fourth-order valence-electron chi connectivity index (χ4n) is 2.36. The lowest BCUT2D eigenvalue weighted by atomic mass is 10.1. The third-order valence-corrected chi connectivity index (χ3v) is 4.09. The van der Waals surface area contributed by atoms with Crippen molar-refractivity contribution in [2.75, 3.05) is 16.4 Å². The highest BCUT2D eigenvalue weighted by atomic mass is 35.5. The van der Waals surface area contributed by atoms with E-state index >= 15 is 0 Å². The highest BCUT2D eigenvalue weighted by Crippen LogP contribution is 2.29. The van der Waals surface area contributed by atoms with Crippen LogP contribution in [0.4, 0.5) is 22.7 Å². The minimum Gasteiger partial charge on any atom is -0.397 e. The van der Waals surface area contributed by atoms with E-state index in [4.69, 9.17) is 17.3 Å². The molecule has 0 atom stereocenters. The SMILES string of the molecule is Nc1ccc(C(=O)Nc2ccc(C=O)cc2)cc1Nc1ccccc1Cl. The summed E-state index contributed by atoms with van der Waals surface area (Å²) in [5, 5.41) is 6.47. The van der Waals surface area contributed by atoms with Crippen LogP contribution in [0.1, 0.15) is 20.7 Å². The number of halogens is 1. The van der Waals surface area contributed by atoms with Crippen LogP contribution in [-0.4, -0.2) is 12.2 Å². The molecule has 26 heavy (non-hydrogen) atoms. The topological polar surface area (TPSA) is 84.2 Å². The Kier molecular flexibility index (Phi) is 5.20. The number of benzene rings is 3. The van der Waals surface area contributed by atoms with Gasteiger partial charge in [0, 0.05) is 16.8 Å². The summed E-state index contributed by atoms with van der Waals surface area (Å²) < 4.78 is 0. The van der Waals surface area contributed by atoms with E-state index in [0.29, 0.717) is 38.9 Å². The number of carbonyl (C=O) groups excluding carboxylic acids is 2. The van der Waals surface area contributed by atoms with Crippen LogP contribution in [0, 0.1) is 0 Å². The Hall–Kier alpha value is -3.31. The number of nitrogen functional groups attached to an aromatic ring is 1. The van der Waals surface area contributed by atoms with Crippen molar-refractivity contribution in [1.82, 2.24) is 0 Å². The fraction of sp³-hybridized carbons (Fsp3) is 0. The van der Waals surface area contributed by atoms with Crippen molar-refractivity contribution >= 4 is 46.5 Å². The van der Waals surface area contributed by atoms with Crippen LogP contribution >= 0.6 is 11.6 Å². The number of para-hydroxylation sites is 1. The maximum Gasteiger partial charge on any atom is 0.255 e. The smallest absolute Gasteiger partial charge is 0.255 e. The zero-order chi connectivity index (χ0) is 18.5. The fourth-order valence-corrected chi connectivity index (χ4v) is 2.54. The van der Waals surface area contributed by atoms with Crippen molar-refractivity contribution in [3.05, 3.63) is 82.9 Å². The Balaban J connectivity index is 1.80. The van der Waals surface area contributed by atoms with Crippen LogP contribution in [0.2, 0.25) is 5.02 Å². The first kappa shape index (κ1) is 17.5. The molecule has 0 heterocycles. The van der Waals surface area contributed by atoms with Crippen molar-refractivity contribution in [2.45, 2.75) is 0 Å². The molecule has 3 aromatic carbocycles. The van der Waals surface area contributed by atoms with Crippen LogP contribution in [-0.2, 0) is 0 Å². The molecule has 130 valence electrons. The average molecular weight is 366 g/mol. The van der Waals surface area contributed by atoms with Crippen molar-refractivity contribution < 1.29 is 9.59 Å². The van der Waals surface area contributed by atoms with Gasteiger partial charge in [0.1, 0.15) is 6.29 Å². The Bertz CT molecular complexity index is 956. The molecule has 0 aliphatic heterocycles. The van der Waals surface area contributed by atoms with Crippen LogP contribution in [0.5, 0.6) is 0 Å². The molecule has 0 unspecified atom stereocenters. The van der Waals surface area contributed by atoms with Gasteiger partial charge in [0.25, 0.3) is 5.91 Å². The van der Waals surface area contributed by atoms with E-state index in [1.807, 2.05) is 18.2 Å². The molecule has 0 aliphatic carbocycles. The number of amides is 1. The van der Waals surface area contributed by atoms with E-state index in [0.717, 1.165) is 6.29 Å². The number of hydrogen-bond acceptors (Lipinski definition) is 4. The molecule has 0 spiro atoms. The summed E-state index contributed by atoms with van der Waals surface area (Å²) in [4.78, 5) is 23.2. The summed E-state index contributed by atoms with van der Waals surface area (Å²) in [7, 11) is 0. The second kappa shape index (κ2) is 7.72. The van der Waals surface area contributed by atoms with Gasteiger partial charge in [0.15, 0.2) is 0 Å². The molecule has 6 heteroatoms. The number of nitrogens with two attached hydrogens (primary N) is 1. The van der Waals surface area contributed by atoms with Crippen molar-refractivity contribution in [3.8, 4) is 0 Å². The molecule has 1 amide bonds. The highest BCUT2D eigenvalue weighted by Gasteiger charge is 2.10. The third kappa shape index (κ3) is 4.02. The largest absolute Gasteiger partial charge is 0.397 e. The first-order chi connectivity index (χ1) is 12.6. The molecule has 5 nitrogen and oxygen atoms in total. The molecule has 0 radical (unpaired) electrons. The van der Waals surface area contributed by atoms with Gasteiger partial charge in [-0.1, -0.05) is 23.7 Å². The normalized spacial score (nSPS) is 10.2. The second-order valence-corrected chi connectivity index (χ2v) is 6.01. The van der Waals surface area contributed by atoms with Crippen LogP contribution in [0.15, 0.2) is 66.7 Å². The molecular weight excluding hydrogens is 350 g/mol. The standard InChI is InChI=1S/C20H16ClN3O2/c21-16-3-1-2-4-18(16)24-19-11-14(7-10-17(19)22)20(26)23-15-8-5-13(12-25)6-9-15/h1-12,24H,22H2,(H,23,26). The summed E-state index contributed by atoms with van der Waals surface area (Å²) in [5.41, 5.74) is 9.36. The van der Waals surface area contributed by atoms with Gasteiger partial charge < -0.3 is 16.4 Å². The lowest BCUT2D eigenvalue weighted by Crippen LogP contribution is -2.12. The van der Waals surface area contributed by atoms with Crippen molar-refractivity contribution in [2.24, 2.45) is 0 Å². The number of nitrogens with one attached hydrogen (secondary N) is 2. The van der Waals surface area contributed by atoms with Crippen LogP contribution < -0.4 is 16.4 Å². The zero-order valence-corrected chi connectivity index (χ0v) is 14.5. The number of aldehydes is 1. The maximum absolute atomic E-state index is 12.5. The summed E-state index contributed by atoms with van der Waals surface area (Å²) in [6.45, 7) is 0. The van der Waals surface area contributed by atoms with Gasteiger partial charge in [0.2, 0.25) is 0 Å². The van der Waals surface area contributed by atoms with Gasteiger partial charge in [-0.3, -0.25) is 9.59 Å². The number of hydrogen-bond donors (Lipinski definition) is 3. The maximum atomic E-state index is 12.5.